The summed E-state index contributed by atoms with van der Waals surface area (Å²) in [6.07, 6.45) is 1.18. The van der Waals surface area contributed by atoms with Gasteiger partial charge in [-0.15, -0.1) is 0 Å². The lowest BCUT2D eigenvalue weighted by Gasteiger charge is -2.31. The van der Waals surface area contributed by atoms with Gasteiger partial charge in [0.2, 0.25) is 15.9 Å². The van der Waals surface area contributed by atoms with Crippen LogP contribution in [0.2, 0.25) is 0 Å². The molecule has 0 spiro atoms. The first kappa shape index (κ1) is 22.3. The van der Waals surface area contributed by atoms with Gasteiger partial charge in [-0.3, -0.25) is 4.79 Å². The number of carbonyl (C=O) groups is 1. The summed E-state index contributed by atoms with van der Waals surface area (Å²) in [5, 5.41) is 2.78. The van der Waals surface area contributed by atoms with Crippen molar-refractivity contribution in [3.05, 3.63) is 54.1 Å². The summed E-state index contributed by atoms with van der Waals surface area (Å²) in [6, 6.07) is 14.1. The van der Waals surface area contributed by atoms with Gasteiger partial charge >= 0.3 is 0 Å². The van der Waals surface area contributed by atoms with E-state index in [4.69, 9.17) is 4.74 Å². The van der Waals surface area contributed by atoms with Gasteiger partial charge < -0.3 is 15.0 Å². The van der Waals surface area contributed by atoms with Crippen LogP contribution in [-0.4, -0.2) is 63.4 Å². The molecular formula is C22H29N3O4S. The molecule has 1 aliphatic heterocycles. The number of aryl methyl sites for hydroxylation is 1. The van der Waals surface area contributed by atoms with E-state index in [1.165, 1.54) is 22.0 Å². The van der Waals surface area contributed by atoms with Gasteiger partial charge in [-0.1, -0.05) is 19.1 Å². The quantitative estimate of drug-likeness (QED) is 0.695. The van der Waals surface area contributed by atoms with Crippen molar-refractivity contribution >= 4 is 21.6 Å². The predicted octanol–water partition coefficient (Wildman–Crippen LogP) is 2.59. The minimum Gasteiger partial charge on any atom is -0.493 e. The van der Waals surface area contributed by atoms with E-state index in [1.54, 1.807) is 12.1 Å². The largest absolute Gasteiger partial charge is 0.493 e. The van der Waals surface area contributed by atoms with Crippen LogP contribution in [-0.2, 0) is 21.2 Å². The Kier molecular flexibility index (Phi) is 7.47. The number of anilines is 1. The molecule has 0 aliphatic carbocycles. The van der Waals surface area contributed by atoms with Crippen LogP contribution in [0.25, 0.3) is 0 Å². The molecule has 1 saturated heterocycles. The van der Waals surface area contributed by atoms with E-state index >= 15 is 0 Å². The van der Waals surface area contributed by atoms with Gasteiger partial charge in [0.25, 0.3) is 0 Å². The standard InChI is InChI=1S/C22H29N3O4S/c1-3-18-4-8-20(9-5-18)29-17-12-22(26)23-19-6-10-21(11-7-19)30(27,28)25-15-13-24(2)14-16-25/h4-11H,3,12-17H2,1-2H3,(H,23,26). The fourth-order valence-electron chi connectivity index (χ4n) is 3.19. The molecule has 0 bridgehead atoms. The van der Waals surface area contributed by atoms with Crippen LogP contribution in [0.1, 0.15) is 18.9 Å². The van der Waals surface area contributed by atoms with Crippen LogP contribution in [0.15, 0.2) is 53.4 Å². The Morgan fingerprint density at radius 3 is 2.23 bits per heavy atom. The minimum absolute atomic E-state index is 0.185. The van der Waals surface area contributed by atoms with Gasteiger partial charge in [-0.05, 0) is 55.4 Å². The molecule has 0 aromatic heterocycles. The Morgan fingerprint density at radius 1 is 1.00 bits per heavy atom. The van der Waals surface area contributed by atoms with Crippen molar-refractivity contribution in [3.63, 3.8) is 0 Å². The Bertz CT molecular complexity index is 935. The second-order valence-corrected chi connectivity index (χ2v) is 9.31. The highest BCUT2D eigenvalue weighted by Crippen LogP contribution is 2.20. The van der Waals surface area contributed by atoms with Crippen LogP contribution in [0.3, 0.4) is 0 Å². The van der Waals surface area contributed by atoms with E-state index in [9.17, 15) is 13.2 Å². The Hall–Kier alpha value is -2.42. The van der Waals surface area contributed by atoms with Crippen molar-refractivity contribution in [1.29, 1.82) is 0 Å². The fraction of sp³-hybridized carbons (Fsp3) is 0.409. The molecule has 0 saturated carbocycles. The van der Waals surface area contributed by atoms with Crippen molar-refractivity contribution in [2.75, 3.05) is 45.2 Å². The number of rotatable bonds is 8. The summed E-state index contributed by atoms with van der Waals surface area (Å²) in [4.78, 5) is 14.5. The Labute approximate surface area is 178 Å². The first-order valence-corrected chi connectivity index (χ1v) is 11.6. The van der Waals surface area contributed by atoms with Gasteiger partial charge in [-0.25, -0.2) is 8.42 Å². The first-order valence-electron chi connectivity index (χ1n) is 10.2. The average molecular weight is 432 g/mol. The van der Waals surface area contributed by atoms with Gasteiger partial charge in [0, 0.05) is 31.9 Å². The second-order valence-electron chi connectivity index (χ2n) is 7.38. The highest BCUT2D eigenvalue weighted by atomic mass is 32.2. The molecule has 1 N–H and O–H groups in total. The molecule has 1 amide bonds. The molecule has 2 aromatic rings. The monoisotopic (exact) mass is 431 g/mol. The van der Waals surface area contributed by atoms with Crippen LogP contribution >= 0.6 is 0 Å². The second kappa shape index (κ2) is 10.1. The third kappa shape index (κ3) is 5.81. The van der Waals surface area contributed by atoms with Crippen LogP contribution in [0.5, 0.6) is 5.75 Å². The SMILES string of the molecule is CCc1ccc(OCCC(=O)Nc2ccc(S(=O)(=O)N3CCN(C)CC3)cc2)cc1. The van der Waals surface area contributed by atoms with E-state index in [1.807, 2.05) is 31.3 Å². The maximum absolute atomic E-state index is 12.7. The van der Waals surface area contributed by atoms with E-state index in [-0.39, 0.29) is 23.8 Å². The number of piperazine rings is 1. The normalized spacial score (nSPS) is 15.7. The van der Waals surface area contributed by atoms with E-state index in [2.05, 4.69) is 17.1 Å². The molecule has 0 radical (unpaired) electrons. The summed E-state index contributed by atoms with van der Waals surface area (Å²) < 4.78 is 32.6. The lowest BCUT2D eigenvalue weighted by molar-refractivity contribution is -0.116. The van der Waals surface area contributed by atoms with Crippen LogP contribution in [0.4, 0.5) is 5.69 Å². The molecule has 1 fully saturated rings. The molecule has 2 aromatic carbocycles. The summed E-state index contributed by atoms with van der Waals surface area (Å²) in [7, 11) is -1.53. The molecular weight excluding hydrogens is 402 g/mol. The maximum Gasteiger partial charge on any atom is 0.243 e. The van der Waals surface area contributed by atoms with Gasteiger partial charge in [0.05, 0.1) is 17.9 Å². The van der Waals surface area contributed by atoms with Crippen LogP contribution < -0.4 is 10.1 Å². The number of sulfonamides is 1. The van der Waals surface area contributed by atoms with Crippen LogP contribution in [0, 0.1) is 0 Å². The van der Waals surface area contributed by atoms with E-state index in [0.29, 0.717) is 18.8 Å². The lowest BCUT2D eigenvalue weighted by Crippen LogP contribution is -2.46. The Balaban J connectivity index is 1.49. The molecule has 7 nitrogen and oxygen atoms in total. The number of nitrogens with zero attached hydrogens (tertiary/aromatic N) is 2. The summed E-state index contributed by atoms with van der Waals surface area (Å²) in [6.45, 7) is 4.77. The van der Waals surface area contributed by atoms with Gasteiger partial charge in [-0.2, -0.15) is 4.31 Å². The van der Waals surface area contributed by atoms with Crippen molar-refractivity contribution < 1.29 is 17.9 Å². The fourth-order valence-corrected chi connectivity index (χ4v) is 4.62. The molecule has 8 heteroatoms. The average Bonchev–Trinajstić information content (AvgIpc) is 2.75. The number of ether oxygens (including phenoxy) is 1. The zero-order chi connectivity index (χ0) is 21.6. The predicted molar refractivity (Wildman–Crippen MR) is 117 cm³/mol. The molecule has 1 heterocycles. The highest BCUT2D eigenvalue weighted by molar-refractivity contribution is 7.89. The Morgan fingerprint density at radius 2 is 1.63 bits per heavy atom. The first-order chi connectivity index (χ1) is 14.4. The third-order valence-electron chi connectivity index (χ3n) is 5.17. The molecule has 162 valence electrons. The number of benzene rings is 2. The van der Waals surface area contributed by atoms with E-state index < -0.39 is 10.0 Å². The topological polar surface area (TPSA) is 78.9 Å². The van der Waals surface area contributed by atoms with Crippen molar-refractivity contribution in [1.82, 2.24) is 9.21 Å². The molecule has 1 aliphatic rings. The number of hydrogen-bond acceptors (Lipinski definition) is 5. The third-order valence-corrected chi connectivity index (χ3v) is 7.08. The lowest BCUT2D eigenvalue weighted by atomic mass is 10.2. The smallest absolute Gasteiger partial charge is 0.243 e. The summed E-state index contributed by atoms with van der Waals surface area (Å²) in [5.74, 6) is 0.549. The van der Waals surface area contributed by atoms with Crippen molar-refractivity contribution in [2.45, 2.75) is 24.7 Å². The molecule has 0 atom stereocenters. The number of amides is 1. The number of hydrogen-bond donors (Lipinski definition) is 1. The summed E-state index contributed by atoms with van der Waals surface area (Å²) in [5.41, 5.74) is 1.79. The molecule has 30 heavy (non-hydrogen) atoms. The summed E-state index contributed by atoms with van der Waals surface area (Å²) >= 11 is 0. The minimum atomic E-state index is -3.51. The van der Waals surface area contributed by atoms with Crippen molar-refractivity contribution in [2.24, 2.45) is 0 Å². The highest BCUT2D eigenvalue weighted by Gasteiger charge is 2.27. The van der Waals surface area contributed by atoms with E-state index in [0.717, 1.165) is 25.3 Å². The zero-order valence-electron chi connectivity index (χ0n) is 17.5. The van der Waals surface area contributed by atoms with Gasteiger partial charge in [0.15, 0.2) is 0 Å². The molecule has 3 rings (SSSR count). The maximum atomic E-state index is 12.7. The zero-order valence-corrected chi connectivity index (χ0v) is 18.3. The van der Waals surface area contributed by atoms with Gasteiger partial charge in [0.1, 0.15) is 5.75 Å². The molecule has 0 unspecified atom stereocenters. The number of likely N-dealkylation sites (N-methyl/N-ethyl adjacent to an activating group) is 1. The van der Waals surface area contributed by atoms with Crippen molar-refractivity contribution in [3.8, 4) is 5.75 Å². The number of carbonyl (C=O) groups excluding carboxylic acids is 1. The number of nitrogens with one attached hydrogen (secondary N) is 1.